The number of amides is 2. The van der Waals surface area contributed by atoms with Gasteiger partial charge in [0.25, 0.3) is 0 Å². The highest BCUT2D eigenvalue weighted by molar-refractivity contribution is 5.90. The van der Waals surface area contributed by atoms with Crippen molar-refractivity contribution in [2.24, 2.45) is 0 Å². The molecule has 30 heavy (non-hydrogen) atoms. The molecule has 2 heterocycles. The lowest BCUT2D eigenvalue weighted by atomic mass is 10.2. The third kappa shape index (κ3) is 6.88. The smallest absolute Gasteiger partial charge is 0.244 e. The maximum absolute atomic E-state index is 12.7. The Labute approximate surface area is 177 Å². The summed E-state index contributed by atoms with van der Waals surface area (Å²) in [5, 5.41) is 6.99. The molecule has 0 aliphatic carbocycles. The highest BCUT2D eigenvalue weighted by Gasteiger charge is 2.22. The molecule has 1 saturated heterocycles. The average Bonchev–Trinajstić information content (AvgIpc) is 3.40. The molecule has 1 aromatic heterocycles. The minimum absolute atomic E-state index is 0.00425. The molecule has 0 bridgehead atoms. The van der Waals surface area contributed by atoms with Crippen LogP contribution in [0.4, 0.5) is 5.69 Å². The van der Waals surface area contributed by atoms with E-state index in [4.69, 9.17) is 9.47 Å². The monoisotopic (exact) mass is 414 g/mol. The molecule has 3 rings (SSSR count). The fraction of sp³-hybridized carbons (Fsp3) is 0.500. The second-order valence-corrected chi connectivity index (χ2v) is 7.36. The largest absolute Gasteiger partial charge is 0.493 e. The van der Waals surface area contributed by atoms with Gasteiger partial charge in [0, 0.05) is 25.9 Å². The normalized spacial score (nSPS) is 15.7. The Morgan fingerprint density at radius 2 is 2.17 bits per heavy atom. The molecule has 0 radical (unpaired) electrons. The van der Waals surface area contributed by atoms with E-state index >= 15 is 0 Å². The van der Waals surface area contributed by atoms with Gasteiger partial charge in [0.1, 0.15) is 12.3 Å². The van der Waals surface area contributed by atoms with Gasteiger partial charge in [-0.15, -0.1) is 0 Å². The minimum Gasteiger partial charge on any atom is -0.493 e. The average molecular weight is 415 g/mol. The van der Waals surface area contributed by atoms with Crippen molar-refractivity contribution in [1.29, 1.82) is 0 Å². The van der Waals surface area contributed by atoms with Crippen LogP contribution in [0.5, 0.6) is 5.75 Å². The SMILES string of the molecule is CCCN(C[C@H]1CCCO1)C(=O)Cn1cc(NC(=O)CCOc2ccccc2)cn1. The first kappa shape index (κ1) is 21.8. The molecule has 8 nitrogen and oxygen atoms in total. The first-order valence-electron chi connectivity index (χ1n) is 10.5. The van der Waals surface area contributed by atoms with Gasteiger partial charge in [0.15, 0.2) is 0 Å². The van der Waals surface area contributed by atoms with Gasteiger partial charge >= 0.3 is 0 Å². The van der Waals surface area contributed by atoms with Crippen LogP contribution >= 0.6 is 0 Å². The molecule has 0 saturated carbocycles. The molecule has 8 heteroatoms. The van der Waals surface area contributed by atoms with Crippen LogP contribution in [0.1, 0.15) is 32.6 Å². The van der Waals surface area contributed by atoms with E-state index in [2.05, 4.69) is 17.3 Å². The summed E-state index contributed by atoms with van der Waals surface area (Å²) < 4.78 is 12.8. The molecular formula is C22H30N4O4. The molecule has 2 aromatic rings. The summed E-state index contributed by atoms with van der Waals surface area (Å²) in [5.74, 6) is 0.573. The number of benzene rings is 1. The number of nitrogens with zero attached hydrogens (tertiary/aromatic N) is 3. The lowest BCUT2D eigenvalue weighted by Gasteiger charge is -2.25. The Kier molecular flexibility index (Phi) is 8.26. The number of para-hydroxylation sites is 1. The van der Waals surface area contributed by atoms with Crippen molar-refractivity contribution in [2.45, 2.75) is 45.3 Å². The summed E-state index contributed by atoms with van der Waals surface area (Å²) in [7, 11) is 0. The summed E-state index contributed by atoms with van der Waals surface area (Å²) in [6.45, 7) is 4.58. The predicted octanol–water partition coefficient (Wildman–Crippen LogP) is 2.71. The van der Waals surface area contributed by atoms with Gasteiger partial charge in [-0.25, -0.2) is 0 Å². The third-order valence-electron chi connectivity index (χ3n) is 4.85. The van der Waals surface area contributed by atoms with E-state index in [1.165, 1.54) is 0 Å². The van der Waals surface area contributed by atoms with Crippen LogP contribution in [0, 0.1) is 0 Å². The van der Waals surface area contributed by atoms with E-state index < -0.39 is 0 Å². The van der Waals surface area contributed by atoms with Gasteiger partial charge in [-0.05, 0) is 31.4 Å². The summed E-state index contributed by atoms with van der Waals surface area (Å²) >= 11 is 0. The van der Waals surface area contributed by atoms with Crippen LogP contribution in [0.25, 0.3) is 0 Å². The van der Waals surface area contributed by atoms with Gasteiger partial charge < -0.3 is 19.7 Å². The van der Waals surface area contributed by atoms with Crippen molar-refractivity contribution in [3.63, 3.8) is 0 Å². The number of hydrogen-bond acceptors (Lipinski definition) is 5. The number of carbonyl (C=O) groups is 2. The zero-order valence-corrected chi connectivity index (χ0v) is 17.5. The quantitative estimate of drug-likeness (QED) is 0.611. The molecule has 1 atom stereocenters. The summed E-state index contributed by atoms with van der Waals surface area (Å²) in [6, 6.07) is 9.37. The van der Waals surface area contributed by atoms with Crippen molar-refractivity contribution >= 4 is 17.5 Å². The van der Waals surface area contributed by atoms with Crippen molar-refractivity contribution in [3.8, 4) is 5.75 Å². The number of nitrogens with one attached hydrogen (secondary N) is 1. The Bertz CT molecular complexity index is 802. The number of hydrogen-bond donors (Lipinski definition) is 1. The maximum Gasteiger partial charge on any atom is 0.244 e. The number of aromatic nitrogens is 2. The number of anilines is 1. The number of rotatable bonds is 11. The molecule has 0 spiro atoms. The molecule has 1 aliphatic rings. The van der Waals surface area contributed by atoms with Crippen molar-refractivity contribution in [2.75, 3.05) is 31.6 Å². The van der Waals surface area contributed by atoms with Gasteiger partial charge in [0.05, 0.1) is 31.0 Å². The fourth-order valence-electron chi connectivity index (χ4n) is 3.38. The zero-order valence-electron chi connectivity index (χ0n) is 17.5. The number of carbonyl (C=O) groups excluding carboxylic acids is 2. The lowest BCUT2D eigenvalue weighted by Crippen LogP contribution is -2.39. The van der Waals surface area contributed by atoms with Gasteiger partial charge in [0.2, 0.25) is 11.8 Å². The second-order valence-electron chi connectivity index (χ2n) is 7.36. The number of ether oxygens (including phenoxy) is 2. The van der Waals surface area contributed by atoms with E-state index in [-0.39, 0.29) is 37.5 Å². The molecule has 1 fully saturated rings. The first-order chi connectivity index (χ1) is 14.6. The Morgan fingerprint density at radius 1 is 1.33 bits per heavy atom. The fourth-order valence-corrected chi connectivity index (χ4v) is 3.38. The topological polar surface area (TPSA) is 85.7 Å². The standard InChI is InChI=1S/C22H30N4O4/c1-2-11-25(16-20-9-6-12-29-20)22(28)17-26-15-18(14-23-26)24-21(27)10-13-30-19-7-4-3-5-8-19/h3-5,7-8,14-15,20H,2,6,9-13,16-17H2,1H3,(H,24,27)/t20-/m1/s1. The van der Waals surface area contributed by atoms with Gasteiger partial charge in [-0.3, -0.25) is 14.3 Å². The molecule has 1 N–H and O–H groups in total. The zero-order chi connectivity index (χ0) is 21.2. The second kappa shape index (κ2) is 11.3. The maximum atomic E-state index is 12.7. The van der Waals surface area contributed by atoms with Gasteiger partial charge in [-0.2, -0.15) is 5.10 Å². The van der Waals surface area contributed by atoms with E-state index in [1.54, 1.807) is 17.1 Å². The van der Waals surface area contributed by atoms with E-state index in [0.29, 0.717) is 18.8 Å². The summed E-state index contributed by atoms with van der Waals surface area (Å²) in [4.78, 5) is 26.7. The van der Waals surface area contributed by atoms with Crippen LogP contribution in [0.2, 0.25) is 0 Å². The molecule has 1 aromatic carbocycles. The Hall–Kier alpha value is -2.87. The van der Waals surface area contributed by atoms with E-state index in [9.17, 15) is 9.59 Å². The molecule has 162 valence electrons. The summed E-state index contributed by atoms with van der Waals surface area (Å²) in [5.41, 5.74) is 0.564. The van der Waals surface area contributed by atoms with Crippen molar-refractivity contribution in [3.05, 3.63) is 42.7 Å². The van der Waals surface area contributed by atoms with Crippen LogP contribution < -0.4 is 10.1 Å². The van der Waals surface area contributed by atoms with Crippen LogP contribution in [0.15, 0.2) is 42.7 Å². The molecule has 2 amide bonds. The van der Waals surface area contributed by atoms with E-state index in [0.717, 1.165) is 31.6 Å². The van der Waals surface area contributed by atoms with E-state index in [1.807, 2.05) is 35.2 Å². The van der Waals surface area contributed by atoms with Crippen molar-refractivity contribution < 1.29 is 19.1 Å². The van der Waals surface area contributed by atoms with Crippen LogP contribution in [-0.2, 0) is 20.9 Å². The molecular weight excluding hydrogens is 384 g/mol. The third-order valence-corrected chi connectivity index (χ3v) is 4.85. The predicted molar refractivity (Wildman–Crippen MR) is 113 cm³/mol. The van der Waals surface area contributed by atoms with Crippen LogP contribution in [-0.4, -0.2) is 58.9 Å². The molecule has 1 aliphatic heterocycles. The van der Waals surface area contributed by atoms with Crippen LogP contribution in [0.3, 0.4) is 0 Å². The Balaban J connectivity index is 1.43. The minimum atomic E-state index is -0.164. The Morgan fingerprint density at radius 3 is 2.90 bits per heavy atom. The lowest BCUT2D eigenvalue weighted by molar-refractivity contribution is -0.133. The van der Waals surface area contributed by atoms with Gasteiger partial charge in [-0.1, -0.05) is 25.1 Å². The van der Waals surface area contributed by atoms with Crippen molar-refractivity contribution in [1.82, 2.24) is 14.7 Å². The highest BCUT2D eigenvalue weighted by Crippen LogP contribution is 2.14. The highest BCUT2D eigenvalue weighted by atomic mass is 16.5. The molecule has 0 unspecified atom stereocenters. The summed E-state index contributed by atoms with van der Waals surface area (Å²) in [6.07, 6.45) is 6.52. The first-order valence-corrected chi connectivity index (χ1v) is 10.5.